The van der Waals surface area contributed by atoms with Gasteiger partial charge in [0.25, 0.3) is 0 Å². The molecule has 0 saturated carbocycles. The first-order valence-electron chi connectivity index (χ1n) is 36.2. The fourth-order valence-corrected chi connectivity index (χ4v) is 21.1. The quantitative estimate of drug-likeness (QED) is 0.123. The molecule has 0 bridgehead atoms. The van der Waals surface area contributed by atoms with Crippen LogP contribution in [-0.2, 0) is 91.3 Å². The van der Waals surface area contributed by atoms with Gasteiger partial charge >= 0.3 is 0 Å². The molecule has 0 amide bonds. The predicted molar refractivity (Wildman–Crippen MR) is 429 cm³/mol. The molecule has 0 aromatic heterocycles. The predicted octanol–water partition coefficient (Wildman–Crippen LogP) is 21.6. The van der Waals surface area contributed by atoms with Crippen molar-refractivity contribution in [1.29, 1.82) is 0 Å². The molecule has 6 aliphatic rings. The minimum atomic E-state index is -1.19. The van der Waals surface area contributed by atoms with Gasteiger partial charge in [0, 0.05) is 75.0 Å². The van der Waals surface area contributed by atoms with E-state index < -0.39 is 16.1 Å². The normalized spacial score (nSPS) is 15.7. The van der Waals surface area contributed by atoms with Gasteiger partial charge in [0.15, 0.2) is 0 Å². The van der Waals surface area contributed by atoms with Crippen LogP contribution in [0.3, 0.4) is 0 Å². The van der Waals surface area contributed by atoms with E-state index in [2.05, 4.69) is 334 Å². The molecule has 4 heterocycles. The van der Waals surface area contributed by atoms with Crippen molar-refractivity contribution in [2.45, 2.75) is 237 Å². The van der Waals surface area contributed by atoms with Gasteiger partial charge in [0.05, 0.1) is 11.4 Å². The summed E-state index contributed by atoms with van der Waals surface area (Å²) in [4.78, 5) is 9.35. The van der Waals surface area contributed by atoms with Crippen molar-refractivity contribution in [2.24, 2.45) is 9.98 Å². The molecule has 0 fully saturated rings. The zero-order valence-electron chi connectivity index (χ0n) is 66.1. The number of fused-ring (bicyclic) bond motifs is 2. The van der Waals surface area contributed by atoms with Crippen LogP contribution in [0.25, 0.3) is 43.8 Å². The number of allylic oxidation sites excluding steroid dienone is 8. The van der Waals surface area contributed by atoms with Gasteiger partial charge in [0.1, 0.15) is 16.1 Å². The molecule has 2 aliphatic carbocycles. The first-order chi connectivity index (χ1) is 45.5. The molecule has 4 nitrogen and oxygen atoms in total. The third-order valence-corrected chi connectivity index (χ3v) is 27.5. The van der Waals surface area contributed by atoms with Crippen LogP contribution < -0.4 is 22.6 Å². The Balaban J connectivity index is 0.000000192. The summed E-state index contributed by atoms with van der Waals surface area (Å²) in [5.41, 5.74) is 23.9. The number of hydrogen-bond acceptors (Lipinski definition) is 4. The third-order valence-electron chi connectivity index (χ3n) is 20.4. The molecule has 532 valence electrons. The summed E-state index contributed by atoms with van der Waals surface area (Å²) in [7, 11) is -2.39. The van der Waals surface area contributed by atoms with E-state index >= 15 is 0 Å². The number of aliphatic imine (C=N–C) groups is 2. The molecule has 0 spiro atoms. The molecule has 0 saturated heterocycles. The van der Waals surface area contributed by atoms with E-state index in [9.17, 15) is 10.2 Å². The number of nitrogens with zero attached hydrogens (tertiary/aromatic N) is 2. The molecule has 0 N–H and O–H groups in total. The summed E-state index contributed by atoms with van der Waals surface area (Å²) in [6, 6.07) is 51.9. The number of halogens is 1. The van der Waals surface area contributed by atoms with Gasteiger partial charge in [0.2, 0.25) is 0 Å². The van der Waals surface area contributed by atoms with E-state index in [0.717, 1.165) is 30.4 Å². The molecule has 0 unspecified atom stereocenters. The van der Waals surface area contributed by atoms with Crippen molar-refractivity contribution < 1.29 is 75.0 Å². The van der Waals surface area contributed by atoms with Crippen LogP contribution in [0.5, 0.6) is 11.5 Å². The Labute approximate surface area is 656 Å². The van der Waals surface area contributed by atoms with Gasteiger partial charge in [-0.1, -0.05) is 316 Å². The van der Waals surface area contributed by atoms with Crippen molar-refractivity contribution >= 4 is 49.1 Å². The van der Waals surface area contributed by atoms with Gasteiger partial charge in [-0.25, -0.2) is 0 Å². The number of rotatable bonds is 6. The van der Waals surface area contributed by atoms with E-state index in [4.69, 9.17) is 0 Å². The average molecular weight is 1550 g/mol. The molecule has 8 aromatic carbocycles. The molecule has 0 atom stereocenters. The Morgan fingerprint density at radius 3 is 1.09 bits per heavy atom. The SMILES string of the molecule is CC(C)(C)c1ccc([O-])c(C(C)(C)C)c1.CC(C)(C)c1ccc([O-])c(C(C)(C)C)c1.CCC1=NC2=CC=C3C2=C1[Si]3(C)C.CCC1=NC2=CC=C3C2=C1[Si]3(C)C.CCCc1cc2c(-c3ccc(C(C)(C)C)cc3)cccc2[cH-]1.Cc1cc2c(-c3ccc(C(C)(C)C)cc3)cccc2[cH-]1.[Cl-].[Zr].[Zr]. The van der Waals surface area contributed by atoms with Gasteiger partial charge in [-0.15, -0.1) is 80.6 Å². The summed E-state index contributed by atoms with van der Waals surface area (Å²) < 4.78 is 0. The van der Waals surface area contributed by atoms with Crippen molar-refractivity contribution in [2.75, 3.05) is 0 Å². The molecular weight excluding hydrogens is 1440 g/mol. The maximum atomic E-state index is 11.7. The van der Waals surface area contributed by atoms with Crippen molar-refractivity contribution in [3.8, 4) is 33.8 Å². The average Bonchev–Trinajstić information content (AvgIpc) is 1.54. The van der Waals surface area contributed by atoms with Gasteiger partial charge in [-0.05, 0) is 118 Å². The van der Waals surface area contributed by atoms with Gasteiger partial charge in [-0.3, -0.25) is 9.98 Å². The number of benzene rings is 6. The monoisotopic (exact) mass is 1550 g/mol. The maximum absolute atomic E-state index is 11.7. The zero-order chi connectivity index (χ0) is 72.2. The van der Waals surface area contributed by atoms with E-state index in [1.54, 1.807) is 32.9 Å². The zero-order valence-corrected chi connectivity index (χ0v) is 73.8. The van der Waals surface area contributed by atoms with Crippen LogP contribution in [0.2, 0.25) is 26.2 Å². The van der Waals surface area contributed by atoms with E-state index in [1.807, 2.05) is 12.1 Å². The fraction of sp³-hybridized carbons (Fsp3) is 0.391. The van der Waals surface area contributed by atoms with Crippen LogP contribution in [0.15, 0.2) is 223 Å². The minimum absolute atomic E-state index is 0. The van der Waals surface area contributed by atoms with E-state index in [-0.39, 0.29) is 109 Å². The molecule has 101 heavy (non-hydrogen) atoms. The number of aryl methyl sites for hydroxylation is 2. The largest absolute Gasteiger partial charge is 1.00 e. The Hall–Kier alpha value is -5.59. The maximum Gasteiger partial charge on any atom is 0.116 e. The molecule has 14 rings (SSSR count). The van der Waals surface area contributed by atoms with Crippen molar-refractivity contribution in [3.63, 3.8) is 0 Å². The molecular formula is C92H114ClN2O2Si2Zr2-5. The topological polar surface area (TPSA) is 70.8 Å². The fourth-order valence-electron chi connectivity index (χ4n) is 14.5. The van der Waals surface area contributed by atoms with Gasteiger partial charge < -0.3 is 22.6 Å². The van der Waals surface area contributed by atoms with Crippen LogP contribution >= 0.6 is 0 Å². The number of hydrogen-bond donors (Lipinski definition) is 0. The summed E-state index contributed by atoms with van der Waals surface area (Å²) >= 11 is 0. The van der Waals surface area contributed by atoms with E-state index in [0.29, 0.717) is 0 Å². The first-order valence-corrected chi connectivity index (χ1v) is 42.2. The van der Waals surface area contributed by atoms with Crippen molar-refractivity contribution in [1.82, 2.24) is 0 Å². The van der Waals surface area contributed by atoms with Crippen LogP contribution in [0.1, 0.15) is 209 Å². The minimum Gasteiger partial charge on any atom is -1.00 e. The molecule has 4 aliphatic heterocycles. The summed E-state index contributed by atoms with van der Waals surface area (Å²) in [6.45, 7) is 57.6. The standard InChI is InChI=1S/C22H25.C20H21.2C14H22O.2C11H13NSi.ClH.2Zr/c1-5-7-16-14-18-8-6-9-20(21(18)15-16)17-10-12-19(13-11-17)22(2,3)4;1-14-12-16-6-5-7-18(19(16)13-14)15-8-10-17(11-9-15)20(2,3)4;2*1-13(2,3)10-7-8-12(15)11(9-10)14(4,5)6;2*1-4-7-11-10-8(12-7)5-6-9(10)13(11,2)3;;;/h6,8-15H,5,7H2,1-4H3;5-13H,1-4H3;2*7-9,15H,1-6H3;2*5-6H,4H2,1-3H3;1H;;/q2*-1;;;;;;;/p-3. The summed E-state index contributed by atoms with van der Waals surface area (Å²) in [5, 5.41) is 35.5. The Morgan fingerprint density at radius 1 is 0.406 bits per heavy atom. The smallest absolute Gasteiger partial charge is 0.116 e. The first kappa shape index (κ1) is 84.3. The van der Waals surface area contributed by atoms with Crippen LogP contribution in [0, 0.1) is 6.92 Å². The van der Waals surface area contributed by atoms with Gasteiger partial charge in [-0.2, -0.15) is 12.1 Å². The molecule has 9 heteroatoms. The molecule has 0 radical (unpaired) electrons. The Kier molecular flexibility index (Phi) is 26.7. The summed E-state index contributed by atoms with van der Waals surface area (Å²) in [5.74, 6) is 0.297. The molecule has 8 aromatic rings. The van der Waals surface area contributed by atoms with Crippen molar-refractivity contribution in [3.05, 3.63) is 258 Å². The van der Waals surface area contributed by atoms with E-state index in [1.165, 1.54) is 118 Å². The Bertz CT molecular complexity index is 4420. The second-order valence-corrected chi connectivity index (χ2v) is 43.8. The third kappa shape index (κ3) is 18.4. The summed E-state index contributed by atoms with van der Waals surface area (Å²) in [6.07, 6.45) is 13.5. The van der Waals surface area contributed by atoms with Crippen LogP contribution in [0.4, 0.5) is 0 Å². The second kappa shape index (κ2) is 32.0. The van der Waals surface area contributed by atoms with Crippen LogP contribution in [-0.4, -0.2) is 27.6 Å². The Morgan fingerprint density at radius 2 is 0.752 bits per heavy atom. The second-order valence-electron chi connectivity index (χ2n) is 35.2.